The summed E-state index contributed by atoms with van der Waals surface area (Å²) in [6, 6.07) is 0.779. The van der Waals surface area contributed by atoms with Gasteiger partial charge >= 0.3 is 6.03 Å². The Hall–Kier alpha value is -1.38. The van der Waals surface area contributed by atoms with E-state index in [1.54, 1.807) is 0 Å². The number of hydrazine groups is 2. The van der Waals surface area contributed by atoms with E-state index >= 15 is 0 Å². The summed E-state index contributed by atoms with van der Waals surface area (Å²) in [6.07, 6.45) is 1.42. The summed E-state index contributed by atoms with van der Waals surface area (Å²) in [7, 11) is 0. The van der Waals surface area contributed by atoms with Crippen molar-refractivity contribution in [2.24, 2.45) is 11.7 Å². The molecule has 8 heteroatoms. The number of nitrogens with two attached hydrogens (primary N) is 2. The molecule has 0 aliphatic heterocycles. The molecule has 0 fully saturated rings. The zero-order chi connectivity index (χ0) is 9.84. The molecule has 2 amide bonds. The molecule has 5 N–H and O–H groups in total. The van der Waals surface area contributed by atoms with Crippen LogP contribution in [0.5, 0.6) is 0 Å². The number of nitrogens with zero attached hydrogens (tertiary/aromatic N) is 3. The van der Waals surface area contributed by atoms with Crippen LogP contribution < -0.4 is 22.1 Å². The average Bonchev–Trinajstić information content (AvgIpc) is 2.15. The van der Waals surface area contributed by atoms with Crippen molar-refractivity contribution < 1.29 is 4.79 Å². The molecule has 7 nitrogen and oxygen atoms in total. The van der Waals surface area contributed by atoms with Crippen LogP contribution in [-0.2, 0) is 0 Å². The van der Waals surface area contributed by atoms with E-state index in [0.29, 0.717) is 0 Å². The van der Waals surface area contributed by atoms with Crippen LogP contribution in [0.2, 0.25) is 0 Å². The summed E-state index contributed by atoms with van der Waals surface area (Å²) >= 11 is 3.88. The van der Waals surface area contributed by atoms with Crippen molar-refractivity contribution in [2.45, 2.75) is 5.16 Å². The number of anilines is 1. The predicted octanol–water partition coefficient (Wildman–Crippen LogP) is -0.971. The average molecular weight is 200 g/mol. The van der Waals surface area contributed by atoms with Crippen molar-refractivity contribution in [3.63, 3.8) is 0 Å². The lowest BCUT2D eigenvalue weighted by Crippen LogP contribution is -2.48. The smallest absolute Gasteiger partial charge is 0.274 e. The van der Waals surface area contributed by atoms with E-state index in [4.69, 9.17) is 11.7 Å². The molecule has 0 aromatic carbocycles. The van der Waals surface area contributed by atoms with Gasteiger partial charge in [-0.25, -0.2) is 31.5 Å². The number of hydrogen-bond acceptors (Lipinski definition) is 6. The van der Waals surface area contributed by atoms with Crippen molar-refractivity contribution in [1.82, 2.24) is 15.4 Å². The number of carbonyl (C=O) groups is 1. The number of thiol groups is 1. The van der Waals surface area contributed by atoms with Gasteiger partial charge in [-0.15, -0.1) is 12.6 Å². The lowest BCUT2D eigenvalue weighted by molar-refractivity contribution is 0.246. The van der Waals surface area contributed by atoms with Gasteiger partial charge in [-0.05, 0) is 0 Å². The molecule has 0 radical (unpaired) electrons. The Kier molecular flexibility index (Phi) is 3.01. The molecule has 1 heterocycles. The second-order valence-corrected chi connectivity index (χ2v) is 2.43. The second kappa shape index (κ2) is 4.03. The van der Waals surface area contributed by atoms with Gasteiger partial charge in [0.15, 0.2) is 11.0 Å². The van der Waals surface area contributed by atoms with Gasteiger partial charge in [0.2, 0.25) is 0 Å². The van der Waals surface area contributed by atoms with Crippen molar-refractivity contribution in [3.8, 4) is 0 Å². The Labute approximate surface area is 79.5 Å². The molecule has 0 aliphatic carbocycles. The highest BCUT2D eigenvalue weighted by Crippen LogP contribution is 2.07. The summed E-state index contributed by atoms with van der Waals surface area (Å²) < 4.78 is 0. The van der Waals surface area contributed by atoms with Crippen LogP contribution in [0.4, 0.5) is 10.6 Å². The number of aromatic nitrogens is 2. The van der Waals surface area contributed by atoms with Crippen LogP contribution in [0.1, 0.15) is 0 Å². The fourth-order valence-electron chi connectivity index (χ4n) is 0.647. The standard InChI is InChI=1S/C5H8N6OS/c6-10-5(12)11(7)3-1-2-8-4(13)9-3/h1-2H,6-7H2,(H,10,12)(H,8,9,13). The molecule has 0 atom stereocenters. The topological polar surface area (TPSA) is 110 Å². The second-order valence-electron chi connectivity index (χ2n) is 2.03. The maximum absolute atomic E-state index is 10.9. The third-order valence-corrected chi connectivity index (χ3v) is 1.43. The first-order valence-electron chi connectivity index (χ1n) is 3.22. The van der Waals surface area contributed by atoms with Crippen LogP contribution in [0.25, 0.3) is 0 Å². The fraction of sp³-hybridized carbons (Fsp3) is 0. The summed E-state index contributed by atoms with van der Waals surface area (Å²) in [5.74, 6) is 10.4. The van der Waals surface area contributed by atoms with E-state index < -0.39 is 6.03 Å². The molecule has 1 aromatic heterocycles. The monoisotopic (exact) mass is 200 g/mol. The Balaban J connectivity index is 2.88. The molecule has 0 aliphatic rings. The Morgan fingerprint density at radius 3 is 2.92 bits per heavy atom. The van der Waals surface area contributed by atoms with Gasteiger partial charge < -0.3 is 0 Å². The Bertz CT molecular complexity index is 318. The molecule has 0 bridgehead atoms. The molecule has 70 valence electrons. The van der Waals surface area contributed by atoms with Crippen LogP contribution in [-0.4, -0.2) is 16.0 Å². The lowest BCUT2D eigenvalue weighted by Gasteiger charge is -2.13. The van der Waals surface area contributed by atoms with Crippen LogP contribution in [0.15, 0.2) is 17.4 Å². The van der Waals surface area contributed by atoms with Gasteiger partial charge in [0.1, 0.15) is 0 Å². The molecule has 0 saturated heterocycles. The SMILES string of the molecule is NNC(=O)N(N)c1ccnc(S)n1. The van der Waals surface area contributed by atoms with Crippen molar-refractivity contribution in [1.29, 1.82) is 0 Å². The minimum Gasteiger partial charge on any atom is -0.274 e. The van der Waals surface area contributed by atoms with Crippen LogP contribution >= 0.6 is 12.6 Å². The molecule has 0 saturated carbocycles. The van der Waals surface area contributed by atoms with Gasteiger partial charge in [-0.1, -0.05) is 0 Å². The summed E-state index contributed by atoms with van der Waals surface area (Å²) in [6.45, 7) is 0. The molecule has 13 heavy (non-hydrogen) atoms. The molecule has 1 rings (SSSR count). The molecule has 0 unspecified atom stereocenters. The van der Waals surface area contributed by atoms with E-state index in [9.17, 15) is 4.79 Å². The molecule has 1 aromatic rings. The maximum Gasteiger partial charge on any atom is 0.351 e. The molecule has 0 spiro atoms. The minimum atomic E-state index is -0.675. The van der Waals surface area contributed by atoms with E-state index in [0.717, 1.165) is 5.01 Å². The molecular weight excluding hydrogens is 192 g/mol. The molecular formula is C5H8N6OS. The van der Waals surface area contributed by atoms with E-state index in [1.807, 2.05) is 5.43 Å². The number of carbonyl (C=O) groups excluding carboxylic acids is 1. The number of nitrogens with one attached hydrogen (secondary N) is 1. The van der Waals surface area contributed by atoms with Gasteiger partial charge in [-0.3, -0.25) is 5.43 Å². The number of hydrogen-bond donors (Lipinski definition) is 4. The van der Waals surface area contributed by atoms with E-state index in [1.165, 1.54) is 12.3 Å². The van der Waals surface area contributed by atoms with Crippen molar-refractivity contribution in [2.75, 3.05) is 5.01 Å². The Morgan fingerprint density at radius 1 is 1.69 bits per heavy atom. The highest BCUT2D eigenvalue weighted by atomic mass is 32.1. The zero-order valence-electron chi connectivity index (χ0n) is 6.51. The quantitative estimate of drug-likeness (QED) is 0.153. The van der Waals surface area contributed by atoms with Crippen LogP contribution in [0.3, 0.4) is 0 Å². The first-order valence-corrected chi connectivity index (χ1v) is 3.67. The third-order valence-electron chi connectivity index (χ3n) is 1.22. The summed E-state index contributed by atoms with van der Waals surface area (Å²) in [4.78, 5) is 18.4. The maximum atomic E-state index is 10.9. The minimum absolute atomic E-state index is 0.211. The Morgan fingerprint density at radius 2 is 2.38 bits per heavy atom. The predicted molar refractivity (Wildman–Crippen MR) is 48.7 cm³/mol. The number of rotatable bonds is 1. The van der Waals surface area contributed by atoms with E-state index in [-0.39, 0.29) is 11.0 Å². The number of urea groups is 1. The van der Waals surface area contributed by atoms with Gasteiger partial charge in [0.25, 0.3) is 0 Å². The fourth-order valence-corrected chi connectivity index (χ4v) is 0.816. The zero-order valence-corrected chi connectivity index (χ0v) is 7.40. The normalized spacial score (nSPS) is 9.46. The third kappa shape index (κ3) is 2.28. The van der Waals surface area contributed by atoms with Gasteiger partial charge in [0.05, 0.1) is 0 Å². The summed E-state index contributed by atoms with van der Waals surface area (Å²) in [5.41, 5.74) is 1.86. The van der Waals surface area contributed by atoms with Crippen molar-refractivity contribution in [3.05, 3.63) is 12.3 Å². The largest absolute Gasteiger partial charge is 0.351 e. The van der Waals surface area contributed by atoms with Gasteiger partial charge in [-0.2, -0.15) is 0 Å². The highest BCUT2D eigenvalue weighted by molar-refractivity contribution is 7.80. The van der Waals surface area contributed by atoms with Crippen molar-refractivity contribution >= 4 is 24.5 Å². The summed E-state index contributed by atoms with van der Waals surface area (Å²) in [5, 5.41) is 0.972. The lowest BCUT2D eigenvalue weighted by atomic mass is 10.6. The first kappa shape index (κ1) is 9.71. The number of amides is 2. The van der Waals surface area contributed by atoms with Crippen LogP contribution in [0, 0.1) is 0 Å². The highest BCUT2D eigenvalue weighted by Gasteiger charge is 2.10. The van der Waals surface area contributed by atoms with Gasteiger partial charge in [0, 0.05) is 12.3 Å². The van der Waals surface area contributed by atoms with E-state index in [2.05, 4.69) is 22.6 Å². The first-order chi connectivity index (χ1) is 6.15.